The molecule has 1 amide bonds. The summed E-state index contributed by atoms with van der Waals surface area (Å²) in [6.45, 7) is 12.7. The summed E-state index contributed by atoms with van der Waals surface area (Å²) in [5, 5.41) is 2.93. The van der Waals surface area contributed by atoms with E-state index in [-0.39, 0.29) is 5.91 Å². The van der Waals surface area contributed by atoms with E-state index in [0.717, 1.165) is 17.4 Å². The standard InChI is InChI=1S/C17H26BNO3/c1-7-11-19-15(20)13-10-8-9-12(2)14(13)18-21-16(3,4)17(5,6)22-18/h8-10H,7,11H2,1-6H3,(H,19,20). The molecule has 120 valence electrons. The van der Waals surface area contributed by atoms with Crippen LogP contribution in [0, 0.1) is 6.92 Å². The second-order valence-electron chi connectivity index (χ2n) is 6.88. The Balaban J connectivity index is 2.38. The maximum Gasteiger partial charge on any atom is 0.495 e. The van der Waals surface area contributed by atoms with Crippen LogP contribution in [0.5, 0.6) is 0 Å². The molecule has 0 bridgehead atoms. The Bertz CT molecular complexity index is 553. The maximum absolute atomic E-state index is 12.4. The highest BCUT2D eigenvalue weighted by molar-refractivity contribution is 6.64. The van der Waals surface area contributed by atoms with Crippen molar-refractivity contribution in [1.29, 1.82) is 0 Å². The van der Waals surface area contributed by atoms with Gasteiger partial charge in [-0.25, -0.2) is 0 Å². The molecule has 0 aromatic heterocycles. The molecule has 0 radical (unpaired) electrons. The number of nitrogens with one attached hydrogen (secondary N) is 1. The fraction of sp³-hybridized carbons (Fsp3) is 0.588. The van der Waals surface area contributed by atoms with Gasteiger partial charge in [-0.15, -0.1) is 0 Å². The maximum atomic E-state index is 12.4. The van der Waals surface area contributed by atoms with Crippen molar-refractivity contribution >= 4 is 18.5 Å². The molecule has 1 aromatic carbocycles. The van der Waals surface area contributed by atoms with Gasteiger partial charge in [0.25, 0.3) is 5.91 Å². The van der Waals surface area contributed by atoms with E-state index in [0.29, 0.717) is 12.1 Å². The van der Waals surface area contributed by atoms with Gasteiger partial charge >= 0.3 is 7.12 Å². The lowest BCUT2D eigenvalue weighted by Crippen LogP contribution is -2.42. The summed E-state index contributed by atoms with van der Waals surface area (Å²) in [5.74, 6) is -0.0738. The van der Waals surface area contributed by atoms with Crippen molar-refractivity contribution < 1.29 is 14.1 Å². The summed E-state index contributed by atoms with van der Waals surface area (Å²) in [7, 11) is -0.520. The third-order valence-corrected chi connectivity index (χ3v) is 4.59. The Morgan fingerprint density at radius 3 is 2.32 bits per heavy atom. The molecule has 5 heteroatoms. The molecule has 0 spiro atoms. The van der Waals surface area contributed by atoms with Crippen LogP contribution in [-0.2, 0) is 9.31 Å². The number of rotatable bonds is 4. The number of benzene rings is 1. The fourth-order valence-corrected chi connectivity index (χ4v) is 2.49. The number of aryl methyl sites for hydroxylation is 1. The van der Waals surface area contributed by atoms with Crippen LogP contribution in [0.2, 0.25) is 0 Å². The van der Waals surface area contributed by atoms with Gasteiger partial charge in [-0.1, -0.05) is 24.6 Å². The number of carbonyl (C=O) groups is 1. The smallest absolute Gasteiger partial charge is 0.399 e. The number of hydrogen-bond donors (Lipinski definition) is 1. The van der Waals surface area contributed by atoms with Gasteiger partial charge < -0.3 is 14.6 Å². The van der Waals surface area contributed by atoms with E-state index >= 15 is 0 Å². The Kier molecular flexibility index (Phi) is 4.69. The molecule has 0 saturated carbocycles. The Morgan fingerprint density at radius 1 is 1.18 bits per heavy atom. The molecule has 0 aliphatic carbocycles. The summed E-state index contributed by atoms with van der Waals surface area (Å²) >= 11 is 0. The van der Waals surface area contributed by atoms with Crippen LogP contribution in [0.3, 0.4) is 0 Å². The van der Waals surface area contributed by atoms with Crippen LogP contribution in [0.25, 0.3) is 0 Å². The average molecular weight is 303 g/mol. The predicted octanol–water partition coefficient (Wildman–Crippen LogP) is 2.43. The molecule has 1 aliphatic rings. The highest BCUT2D eigenvalue weighted by Gasteiger charge is 2.52. The van der Waals surface area contributed by atoms with Crippen LogP contribution in [0.1, 0.15) is 57.0 Å². The molecule has 1 N–H and O–H groups in total. The molecule has 4 nitrogen and oxygen atoms in total. The molecule has 1 saturated heterocycles. The van der Waals surface area contributed by atoms with Crippen LogP contribution < -0.4 is 10.8 Å². The lowest BCUT2D eigenvalue weighted by molar-refractivity contribution is 0.00578. The molecule has 22 heavy (non-hydrogen) atoms. The highest BCUT2D eigenvalue weighted by Crippen LogP contribution is 2.36. The Labute approximate surface area is 133 Å². The summed E-state index contributed by atoms with van der Waals surface area (Å²) in [5.41, 5.74) is 1.62. The average Bonchev–Trinajstić information content (AvgIpc) is 2.64. The number of hydrogen-bond acceptors (Lipinski definition) is 3. The van der Waals surface area contributed by atoms with Gasteiger partial charge in [0.05, 0.1) is 11.2 Å². The second-order valence-corrected chi connectivity index (χ2v) is 6.88. The zero-order chi connectivity index (χ0) is 16.5. The Morgan fingerprint density at radius 2 is 1.77 bits per heavy atom. The lowest BCUT2D eigenvalue weighted by atomic mass is 9.73. The van der Waals surface area contributed by atoms with E-state index in [1.165, 1.54) is 0 Å². The van der Waals surface area contributed by atoms with Gasteiger partial charge in [0.15, 0.2) is 0 Å². The molecule has 1 heterocycles. The quantitative estimate of drug-likeness (QED) is 0.869. The van der Waals surface area contributed by atoms with Gasteiger partial charge in [-0.3, -0.25) is 4.79 Å². The van der Waals surface area contributed by atoms with E-state index in [1.54, 1.807) is 0 Å². The summed E-state index contributed by atoms with van der Waals surface area (Å²) in [6, 6.07) is 5.71. The van der Waals surface area contributed by atoms with Gasteiger partial charge in [-0.2, -0.15) is 0 Å². The van der Waals surface area contributed by atoms with E-state index in [9.17, 15) is 4.79 Å². The second kappa shape index (κ2) is 6.05. The molecule has 1 aliphatic heterocycles. The van der Waals surface area contributed by atoms with Gasteiger partial charge in [0.1, 0.15) is 0 Å². The molecule has 1 fully saturated rings. The third-order valence-electron chi connectivity index (χ3n) is 4.59. The van der Waals surface area contributed by atoms with Crippen molar-refractivity contribution in [3.8, 4) is 0 Å². The fourth-order valence-electron chi connectivity index (χ4n) is 2.49. The lowest BCUT2D eigenvalue weighted by Gasteiger charge is -2.32. The monoisotopic (exact) mass is 303 g/mol. The summed E-state index contributed by atoms with van der Waals surface area (Å²) in [6.07, 6.45) is 0.906. The SMILES string of the molecule is CCCNC(=O)c1cccc(C)c1B1OC(C)(C)C(C)(C)O1. The number of amides is 1. The first-order valence-electron chi connectivity index (χ1n) is 7.93. The third kappa shape index (κ3) is 3.06. The minimum Gasteiger partial charge on any atom is -0.399 e. The van der Waals surface area contributed by atoms with Crippen LogP contribution in [0.4, 0.5) is 0 Å². The van der Waals surface area contributed by atoms with Crippen molar-refractivity contribution in [2.24, 2.45) is 0 Å². The molecular weight excluding hydrogens is 277 g/mol. The van der Waals surface area contributed by atoms with Crippen molar-refractivity contribution in [2.45, 2.75) is 59.2 Å². The molecule has 0 unspecified atom stereocenters. The first-order valence-corrected chi connectivity index (χ1v) is 7.93. The van der Waals surface area contributed by atoms with E-state index in [2.05, 4.69) is 5.32 Å². The van der Waals surface area contributed by atoms with Gasteiger partial charge in [0, 0.05) is 12.1 Å². The van der Waals surface area contributed by atoms with Crippen LogP contribution >= 0.6 is 0 Å². The normalized spacial score (nSPS) is 19.3. The summed E-state index contributed by atoms with van der Waals surface area (Å²) < 4.78 is 12.2. The zero-order valence-corrected chi connectivity index (χ0v) is 14.4. The first-order chi connectivity index (χ1) is 10.2. The highest BCUT2D eigenvalue weighted by atomic mass is 16.7. The van der Waals surface area contributed by atoms with Crippen molar-refractivity contribution in [3.63, 3.8) is 0 Å². The van der Waals surface area contributed by atoms with Crippen molar-refractivity contribution in [3.05, 3.63) is 29.3 Å². The largest absolute Gasteiger partial charge is 0.495 e. The zero-order valence-electron chi connectivity index (χ0n) is 14.4. The molecular formula is C17H26BNO3. The number of carbonyl (C=O) groups excluding carboxylic acids is 1. The first kappa shape index (κ1) is 17.0. The van der Waals surface area contributed by atoms with Crippen LogP contribution in [-0.4, -0.2) is 30.8 Å². The van der Waals surface area contributed by atoms with Crippen LogP contribution in [0.15, 0.2) is 18.2 Å². The minimum atomic E-state index is -0.520. The van der Waals surface area contributed by atoms with E-state index in [1.807, 2.05) is 59.7 Å². The summed E-state index contributed by atoms with van der Waals surface area (Å²) in [4.78, 5) is 12.4. The predicted molar refractivity (Wildman–Crippen MR) is 89.5 cm³/mol. The topological polar surface area (TPSA) is 47.6 Å². The molecule has 1 aromatic rings. The van der Waals surface area contributed by atoms with Gasteiger partial charge in [-0.05, 0) is 52.6 Å². The van der Waals surface area contributed by atoms with Gasteiger partial charge in [0.2, 0.25) is 0 Å². The van der Waals surface area contributed by atoms with Crippen molar-refractivity contribution in [1.82, 2.24) is 5.32 Å². The van der Waals surface area contributed by atoms with E-state index in [4.69, 9.17) is 9.31 Å². The molecule has 2 rings (SSSR count). The molecule has 0 atom stereocenters. The van der Waals surface area contributed by atoms with E-state index < -0.39 is 18.3 Å². The Hall–Kier alpha value is -1.33. The van der Waals surface area contributed by atoms with Crippen molar-refractivity contribution in [2.75, 3.05) is 6.54 Å². The minimum absolute atomic E-state index is 0.0738.